The Morgan fingerprint density at radius 1 is 0.500 bits per heavy atom. The van der Waals surface area contributed by atoms with E-state index < -0.39 is 7.81 Å². The molecule has 1 unspecified atom stereocenters. The fraction of sp³-hybridized carbons (Fsp3) is 1.00. The van der Waals surface area contributed by atoms with Crippen molar-refractivity contribution in [3.63, 3.8) is 0 Å². The van der Waals surface area contributed by atoms with E-state index in [0.717, 1.165) is 0 Å². The summed E-state index contributed by atoms with van der Waals surface area (Å²) in [6, 6.07) is 0. The van der Waals surface area contributed by atoms with Gasteiger partial charge in [-0.3, -0.25) is 0 Å². The van der Waals surface area contributed by atoms with Gasteiger partial charge in [-0.25, -0.2) is 0 Å². The first kappa shape index (κ1) is 26.7. The van der Waals surface area contributed by atoms with E-state index in [1.807, 2.05) is 0 Å². The van der Waals surface area contributed by atoms with Crippen LogP contribution in [-0.4, -0.2) is 6.16 Å². The number of halogens is 6. The molecule has 0 rings (SSSR count). The minimum absolute atomic E-state index is 1.37. The summed E-state index contributed by atoms with van der Waals surface area (Å²) in [6.07, 6.45) is 22.0. The molecule has 0 aromatic rings. The van der Waals surface area contributed by atoms with Crippen molar-refractivity contribution in [2.24, 2.45) is 0 Å². The van der Waals surface area contributed by atoms with E-state index in [1.165, 1.54) is 96.1 Å². The van der Waals surface area contributed by atoms with Crippen molar-refractivity contribution in [1.29, 1.82) is 0 Å². The van der Waals surface area contributed by atoms with Crippen LogP contribution in [0.25, 0.3) is 0 Å². The van der Waals surface area contributed by atoms with Crippen molar-refractivity contribution in [2.75, 3.05) is 6.16 Å². The molecule has 0 saturated carbocycles. The van der Waals surface area contributed by atoms with Crippen molar-refractivity contribution in [2.45, 2.75) is 96.8 Å². The molecule has 0 N–H and O–H groups in total. The predicted molar refractivity (Wildman–Crippen MR) is 99.9 cm³/mol. The molecule has 0 aliphatic rings. The van der Waals surface area contributed by atoms with Gasteiger partial charge in [0, 0.05) is 0 Å². The van der Waals surface area contributed by atoms with Crippen molar-refractivity contribution >= 4 is 17.0 Å². The topological polar surface area (TPSA) is 0 Å². The zero-order valence-corrected chi connectivity index (χ0v) is 17.3. The molecule has 0 saturated heterocycles. The molecular formula is C16H36F6P2. The zero-order valence-electron chi connectivity index (χ0n) is 15.0. The summed E-state index contributed by atoms with van der Waals surface area (Å²) in [5, 5.41) is 0. The first-order valence-electron chi connectivity index (χ1n) is 9.22. The maximum atomic E-state index is 9.87. The first-order chi connectivity index (χ1) is 10.9. The van der Waals surface area contributed by atoms with E-state index in [-0.39, 0.29) is 0 Å². The zero-order chi connectivity index (χ0) is 19.0. The molecule has 8 heteroatoms. The fourth-order valence-corrected chi connectivity index (χ4v) is 2.72. The standard InChI is InChI=1S/C16H35P.F6P/c1-2-3-4-5-6-7-8-9-10-11-12-13-14-15-16-17;1-7(2,3,4,5)6/h2-17H2,1H3;/q;-1/p+1. The molecule has 0 radical (unpaired) electrons. The quantitative estimate of drug-likeness (QED) is 0.154. The number of hydrogen-bond donors (Lipinski definition) is 0. The van der Waals surface area contributed by atoms with E-state index in [4.69, 9.17) is 0 Å². The molecule has 0 aliphatic carbocycles. The Bertz CT molecular complexity index is 250. The third-order valence-electron chi connectivity index (χ3n) is 3.60. The Morgan fingerprint density at radius 2 is 0.708 bits per heavy atom. The van der Waals surface area contributed by atoms with Gasteiger partial charge >= 0.3 is 33.0 Å². The molecule has 0 bridgehead atoms. The van der Waals surface area contributed by atoms with Gasteiger partial charge in [-0.2, -0.15) is 0 Å². The van der Waals surface area contributed by atoms with Crippen LogP contribution in [0, 0.1) is 0 Å². The van der Waals surface area contributed by atoms with Crippen LogP contribution in [0.2, 0.25) is 0 Å². The normalized spacial score (nSPS) is 14.6. The van der Waals surface area contributed by atoms with Gasteiger partial charge in [-0.1, -0.05) is 84.0 Å². The summed E-state index contributed by atoms with van der Waals surface area (Å²) in [6.45, 7) is 2.29. The van der Waals surface area contributed by atoms with Gasteiger partial charge in [0.1, 0.15) is 0 Å². The molecule has 0 aliphatic heterocycles. The Hall–Kier alpha value is 0.440. The molecule has 0 heterocycles. The van der Waals surface area contributed by atoms with Crippen molar-refractivity contribution in [1.82, 2.24) is 0 Å². The monoisotopic (exact) mass is 404 g/mol. The SMILES string of the molecule is CCCCCCCCCCCCCCCC[PH3+].F[P-](F)(F)(F)(F)F. The minimum atomic E-state index is -10.7. The van der Waals surface area contributed by atoms with Crippen molar-refractivity contribution in [3.8, 4) is 0 Å². The molecule has 152 valence electrons. The first-order valence-corrected chi connectivity index (χ1v) is 12.2. The third kappa shape index (κ3) is 49.5. The fourth-order valence-electron chi connectivity index (χ4n) is 2.37. The summed E-state index contributed by atoms with van der Waals surface area (Å²) in [4.78, 5) is 0. The van der Waals surface area contributed by atoms with E-state index >= 15 is 0 Å². The average molecular weight is 404 g/mol. The maximum absolute atomic E-state index is 10.7. The van der Waals surface area contributed by atoms with Gasteiger partial charge in [-0.05, 0) is 22.1 Å². The number of rotatable bonds is 14. The molecule has 1 atom stereocenters. The van der Waals surface area contributed by atoms with Crippen LogP contribution >= 0.6 is 17.0 Å². The number of unbranched alkanes of at least 4 members (excludes halogenated alkanes) is 13. The van der Waals surface area contributed by atoms with E-state index in [9.17, 15) is 25.2 Å². The van der Waals surface area contributed by atoms with Crippen LogP contribution in [0.3, 0.4) is 0 Å². The van der Waals surface area contributed by atoms with Gasteiger partial charge in [0.15, 0.2) is 0 Å². The molecule has 24 heavy (non-hydrogen) atoms. The van der Waals surface area contributed by atoms with Crippen LogP contribution in [0.1, 0.15) is 96.8 Å². The molecule has 0 amide bonds. The van der Waals surface area contributed by atoms with Crippen molar-refractivity contribution in [3.05, 3.63) is 0 Å². The van der Waals surface area contributed by atoms with E-state index in [1.54, 1.807) is 0 Å². The molecule has 0 aromatic carbocycles. The van der Waals surface area contributed by atoms with Crippen LogP contribution in [-0.2, 0) is 0 Å². The van der Waals surface area contributed by atoms with Gasteiger partial charge in [0.05, 0.1) is 6.16 Å². The van der Waals surface area contributed by atoms with Crippen LogP contribution in [0.5, 0.6) is 0 Å². The Morgan fingerprint density at radius 3 is 0.917 bits per heavy atom. The summed E-state index contributed by atoms with van der Waals surface area (Å²) in [5.41, 5.74) is 0. The summed E-state index contributed by atoms with van der Waals surface area (Å²) < 4.78 is 59.2. The van der Waals surface area contributed by atoms with Crippen molar-refractivity contribution < 1.29 is 25.2 Å². The van der Waals surface area contributed by atoms with Gasteiger partial charge in [-0.15, -0.1) is 0 Å². The van der Waals surface area contributed by atoms with Crippen LogP contribution in [0.15, 0.2) is 0 Å². The molecule has 0 aromatic heterocycles. The van der Waals surface area contributed by atoms with Crippen LogP contribution < -0.4 is 0 Å². The Labute approximate surface area is 146 Å². The second-order valence-corrected chi connectivity index (χ2v) is 9.03. The summed E-state index contributed by atoms with van der Waals surface area (Å²) in [5.74, 6) is 0. The second kappa shape index (κ2) is 12.7. The van der Waals surface area contributed by atoms with E-state index in [2.05, 4.69) is 16.2 Å². The molecule has 0 fully saturated rings. The third-order valence-corrected chi connectivity index (χ3v) is 4.10. The van der Waals surface area contributed by atoms with Gasteiger partial charge in [0.2, 0.25) is 0 Å². The Balaban J connectivity index is 0. The summed E-state index contributed by atoms with van der Waals surface area (Å²) in [7, 11) is -8.54. The van der Waals surface area contributed by atoms with Crippen LogP contribution in [0.4, 0.5) is 25.2 Å². The van der Waals surface area contributed by atoms with Gasteiger partial charge in [0.25, 0.3) is 0 Å². The van der Waals surface area contributed by atoms with E-state index in [0.29, 0.717) is 0 Å². The number of hydrogen-bond acceptors (Lipinski definition) is 0. The van der Waals surface area contributed by atoms with Gasteiger partial charge < -0.3 is 0 Å². The molecule has 0 nitrogen and oxygen atoms in total. The summed E-state index contributed by atoms with van der Waals surface area (Å²) >= 11 is 0. The Kier molecular flexibility index (Phi) is 14.2. The molecule has 0 spiro atoms. The second-order valence-electron chi connectivity index (χ2n) is 6.41. The molecular weight excluding hydrogens is 368 g/mol. The predicted octanol–water partition coefficient (Wildman–Crippen LogP) is 9.46. The average Bonchev–Trinajstić information content (AvgIpc) is 2.40.